The van der Waals surface area contributed by atoms with Gasteiger partial charge in [0.2, 0.25) is 0 Å². The lowest BCUT2D eigenvalue weighted by Gasteiger charge is -2.09. The Hall–Kier alpha value is -1.26. The second-order valence-corrected chi connectivity index (χ2v) is 6.83. The van der Waals surface area contributed by atoms with Crippen molar-refractivity contribution in [1.82, 2.24) is 0 Å². The molecule has 0 atom stereocenters. The van der Waals surface area contributed by atoms with E-state index in [2.05, 4.69) is 38.1 Å². The first-order chi connectivity index (χ1) is 9.63. The lowest BCUT2D eigenvalue weighted by atomic mass is 10.1. The minimum atomic E-state index is 0.824. The molecule has 2 nitrogen and oxygen atoms in total. The van der Waals surface area contributed by atoms with Crippen LogP contribution >= 0.6 is 21.6 Å². The number of hydrogen-bond donors (Lipinski definition) is 2. The molecular weight excluding hydrogens is 284 g/mol. The zero-order valence-electron chi connectivity index (χ0n) is 11.8. The Morgan fingerprint density at radius 3 is 1.50 bits per heavy atom. The standard InChI is InChI=1S/C16H20N2S2/c1-3-11-5-7-13(17)15(9-11)19-20-16-10-12(4-2)6-8-14(16)18/h5-10H,3-4,17-18H2,1-2H3. The first-order valence-electron chi connectivity index (χ1n) is 6.75. The van der Waals surface area contributed by atoms with E-state index in [1.807, 2.05) is 12.1 Å². The van der Waals surface area contributed by atoms with E-state index in [-0.39, 0.29) is 0 Å². The number of benzene rings is 2. The van der Waals surface area contributed by atoms with Gasteiger partial charge in [0.05, 0.1) is 0 Å². The largest absolute Gasteiger partial charge is 0.398 e. The maximum absolute atomic E-state index is 6.04. The van der Waals surface area contributed by atoms with E-state index < -0.39 is 0 Å². The number of nitrogen functional groups attached to an aromatic ring is 2. The molecule has 0 aliphatic heterocycles. The number of nitrogens with two attached hydrogens (primary N) is 2. The molecule has 0 amide bonds. The van der Waals surface area contributed by atoms with Gasteiger partial charge in [-0.05, 0) is 48.2 Å². The molecule has 0 fully saturated rings. The summed E-state index contributed by atoms with van der Waals surface area (Å²) in [5.41, 5.74) is 16.3. The van der Waals surface area contributed by atoms with Gasteiger partial charge >= 0.3 is 0 Å². The summed E-state index contributed by atoms with van der Waals surface area (Å²) in [6, 6.07) is 12.4. The topological polar surface area (TPSA) is 52.0 Å². The van der Waals surface area contributed by atoms with E-state index in [0.29, 0.717) is 0 Å². The van der Waals surface area contributed by atoms with Crippen molar-refractivity contribution >= 4 is 33.0 Å². The maximum atomic E-state index is 6.04. The summed E-state index contributed by atoms with van der Waals surface area (Å²) in [6.07, 6.45) is 2.04. The Morgan fingerprint density at radius 1 is 0.750 bits per heavy atom. The minimum absolute atomic E-state index is 0.824. The van der Waals surface area contributed by atoms with Crippen LogP contribution in [0.2, 0.25) is 0 Å². The predicted molar refractivity (Wildman–Crippen MR) is 92.2 cm³/mol. The average molecular weight is 304 g/mol. The molecule has 0 saturated carbocycles. The van der Waals surface area contributed by atoms with Crippen LogP contribution in [0.15, 0.2) is 46.2 Å². The average Bonchev–Trinajstić information content (AvgIpc) is 2.48. The van der Waals surface area contributed by atoms with Crippen molar-refractivity contribution < 1.29 is 0 Å². The molecule has 0 bridgehead atoms. The third-order valence-electron chi connectivity index (χ3n) is 3.19. The van der Waals surface area contributed by atoms with Crippen molar-refractivity contribution in [3.05, 3.63) is 47.5 Å². The van der Waals surface area contributed by atoms with E-state index >= 15 is 0 Å². The molecule has 106 valence electrons. The lowest BCUT2D eigenvalue weighted by molar-refractivity contribution is 1.12. The van der Waals surface area contributed by atoms with Gasteiger partial charge in [-0.25, -0.2) is 0 Å². The molecule has 0 spiro atoms. The van der Waals surface area contributed by atoms with Crippen molar-refractivity contribution in [3.63, 3.8) is 0 Å². The first kappa shape index (κ1) is 15.1. The van der Waals surface area contributed by atoms with Crippen LogP contribution in [-0.4, -0.2) is 0 Å². The molecule has 4 heteroatoms. The van der Waals surface area contributed by atoms with Crippen molar-refractivity contribution in [2.75, 3.05) is 11.5 Å². The zero-order valence-corrected chi connectivity index (χ0v) is 13.5. The molecule has 0 aliphatic carbocycles. The molecular formula is C16H20N2S2. The van der Waals surface area contributed by atoms with Crippen molar-refractivity contribution in [1.29, 1.82) is 0 Å². The summed E-state index contributed by atoms with van der Waals surface area (Å²) in [5, 5.41) is 0. The second kappa shape index (κ2) is 6.95. The Kier molecular flexibility index (Phi) is 5.26. The van der Waals surface area contributed by atoms with Gasteiger partial charge in [-0.15, -0.1) is 0 Å². The molecule has 0 unspecified atom stereocenters. The zero-order chi connectivity index (χ0) is 14.5. The molecule has 2 aromatic carbocycles. The van der Waals surface area contributed by atoms with Gasteiger partial charge in [0.15, 0.2) is 0 Å². The quantitative estimate of drug-likeness (QED) is 0.617. The summed E-state index contributed by atoms with van der Waals surface area (Å²) in [6.45, 7) is 4.30. The van der Waals surface area contributed by atoms with Gasteiger partial charge in [0.1, 0.15) is 0 Å². The monoisotopic (exact) mass is 304 g/mol. The van der Waals surface area contributed by atoms with Crippen LogP contribution in [0.25, 0.3) is 0 Å². The molecule has 0 aliphatic rings. The third kappa shape index (κ3) is 3.64. The van der Waals surface area contributed by atoms with Crippen LogP contribution in [0, 0.1) is 0 Å². The van der Waals surface area contributed by atoms with Crippen LogP contribution in [0.1, 0.15) is 25.0 Å². The summed E-state index contributed by atoms with van der Waals surface area (Å²) in [5.74, 6) is 0. The fraction of sp³-hybridized carbons (Fsp3) is 0.250. The summed E-state index contributed by atoms with van der Waals surface area (Å²) in [7, 11) is 3.35. The van der Waals surface area contributed by atoms with Gasteiger partial charge in [-0.1, -0.05) is 47.6 Å². The summed E-state index contributed by atoms with van der Waals surface area (Å²) < 4.78 is 0. The Bertz CT molecular complexity index is 544. The molecule has 0 saturated heterocycles. The molecule has 0 aromatic heterocycles. The fourth-order valence-electron chi connectivity index (χ4n) is 1.83. The summed E-state index contributed by atoms with van der Waals surface area (Å²) in [4.78, 5) is 2.21. The van der Waals surface area contributed by atoms with Crippen LogP contribution in [0.3, 0.4) is 0 Å². The highest BCUT2D eigenvalue weighted by atomic mass is 33.1. The molecule has 0 heterocycles. The molecule has 20 heavy (non-hydrogen) atoms. The van der Waals surface area contributed by atoms with Crippen molar-refractivity contribution in [2.24, 2.45) is 0 Å². The number of aryl methyl sites for hydroxylation is 2. The first-order valence-corrected chi connectivity index (χ1v) is 8.90. The summed E-state index contributed by atoms with van der Waals surface area (Å²) >= 11 is 0. The molecule has 2 aromatic rings. The second-order valence-electron chi connectivity index (χ2n) is 4.62. The molecule has 0 radical (unpaired) electrons. The van der Waals surface area contributed by atoms with E-state index in [4.69, 9.17) is 11.5 Å². The highest BCUT2D eigenvalue weighted by Gasteiger charge is 2.06. The van der Waals surface area contributed by atoms with E-state index in [9.17, 15) is 0 Å². The maximum Gasteiger partial charge on any atom is 0.0461 e. The van der Waals surface area contributed by atoms with Gasteiger partial charge < -0.3 is 11.5 Å². The Morgan fingerprint density at radius 2 is 1.15 bits per heavy atom. The van der Waals surface area contributed by atoms with Gasteiger partial charge in [-0.2, -0.15) is 0 Å². The smallest absolute Gasteiger partial charge is 0.0461 e. The molecule has 2 rings (SSSR count). The van der Waals surface area contributed by atoms with Crippen molar-refractivity contribution in [2.45, 2.75) is 36.5 Å². The highest BCUT2D eigenvalue weighted by Crippen LogP contribution is 2.42. The predicted octanol–water partition coefficient (Wildman–Crippen LogP) is 4.78. The number of anilines is 2. The van der Waals surface area contributed by atoms with Gasteiger partial charge in [0.25, 0.3) is 0 Å². The normalized spacial score (nSPS) is 10.7. The van der Waals surface area contributed by atoms with Gasteiger partial charge in [-0.3, -0.25) is 0 Å². The molecule has 4 N–H and O–H groups in total. The number of rotatable bonds is 5. The fourth-order valence-corrected chi connectivity index (χ4v) is 4.14. The van der Waals surface area contributed by atoms with Crippen molar-refractivity contribution in [3.8, 4) is 0 Å². The van der Waals surface area contributed by atoms with Crippen LogP contribution in [0.4, 0.5) is 11.4 Å². The van der Waals surface area contributed by atoms with Gasteiger partial charge in [0, 0.05) is 21.2 Å². The highest BCUT2D eigenvalue weighted by molar-refractivity contribution is 8.76. The third-order valence-corrected chi connectivity index (χ3v) is 5.67. The minimum Gasteiger partial charge on any atom is -0.398 e. The van der Waals surface area contributed by atoms with E-state index in [1.54, 1.807) is 21.6 Å². The Balaban J connectivity index is 2.16. The van der Waals surface area contributed by atoms with Crippen LogP contribution < -0.4 is 11.5 Å². The SMILES string of the molecule is CCc1ccc(N)c(SSc2cc(CC)ccc2N)c1. The van der Waals surface area contributed by atoms with Crippen LogP contribution in [-0.2, 0) is 12.8 Å². The van der Waals surface area contributed by atoms with E-state index in [0.717, 1.165) is 34.0 Å². The Labute approximate surface area is 128 Å². The number of hydrogen-bond acceptors (Lipinski definition) is 4. The lowest BCUT2D eigenvalue weighted by Crippen LogP contribution is -1.91. The van der Waals surface area contributed by atoms with Crippen LogP contribution in [0.5, 0.6) is 0 Å². The van der Waals surface area contributed by atoms with E-state index in [1.165, 1.54) is 11.1 Å².